The number of carbonyl (C=O) groups excluding carboxylic acids is 2. The smallest absolute Gasteiger partial charge is 0.422 e. The van der Waals surface area contributed by atoms with E-state index in [1.807, 2.05) is 0 Å². The number of carbonyl (C=O) groups is 2. The predicted octanol–water partition coefficient (Wildman–Crippen LogP) is 1.75. The predicted molar refractivity (Wildman–Crippen MR) is 76.3 cm³/mol. The van der Waals surface area contributed by atoms with E-state index in [1.54, 1.807) is 0 Å². The van der Waals surface area contributed by atoms with Crippen LogP contribution in [0.2, 0.25) is 0 Å². The fourth-order valence-corrected chi connectivity index (χ4v) is 3.09. The molecule has 1 N–H and O–H groups in total. The number of furan rings is 1. The van der Waals surface area contributed by atoms with Crippen LogP contribution in [0.3, 0.4) is 0 Å². The van der Waals surface area contributed by atoms with Crippen LogP contribution >= 0.6 is 0 Å². The molecule has 1 spiro atoms. The lowest BCUT2D eigenvalue weighted by atomic mass is 10.1. The van der Waals surface area contributed by atoms with Crippen LogP contribution in [-0.4, -0.2) is 37.5 Å². The second kappa shape index (κ2) is 5.34. The Morgan fingerprint density at radius 1 is 1.15 bits per heavy atom. The Kier molecular flexibility index (Phi) is 3.41. The van der Waals surface area contributed by atoms with E-state index in [0.29, 0.717) is 18.9 Å². The number of piperazine rings is 1. The van der Waals surface area contributed by atoms with Crippen molar-refractivity contribution >= 4 is 28.6 Å². The fourth-order valence-electron chi connectivity index (χ4n) is 3.09. The average Bonchev–Trinajstić information content (AvgIpc) is 3.09. The molecule has 3 heterocycles. The van der Waals surface area contributed by atoms with Crippen LogP contribution in [0.4, 0.5) is 23.2 Å². The zero-order valence-electron chi connectivity index (χ0n) is 12.9. The lowest BCUT2D eigenvalue weighted by molar-refractivity contribution is -0.180. The van der Waals surface area contributed by atoms with Gasteiger partial charge in [0.15, 0.2) is 5.58 Å². The monoisotopic (exact) mass is 374 g/mol. The molecule has 0 bridgehead atoms. The van der Waals surface area contributed by atoms with Crippen molar-refractivity contribution in [2.75, 3.05) is 24.5 Å². The maximum absolute atomic E-state index is 14.1. The zero-order chi connectivity index (χ0) is 18.7. The van der Waals surface area contributed by atoms with E-state index in [4.69, 9.17) is 13.9 Å². The van der Waals surface area contributed by atoms with E-state index < -0.39 is 40.8 Å². The number of ether oxygens (including phenoxy) is 2. The Morgan fingerprint density at radius 3 is 2.50 bits per heavy atom. The topological polar surface area (TPSA) is 81.0 Å². The molecule has 26 heavy (non-hydrogen) atoms. The second-order valence-electron chi connectivity index (χ2n) is 5.77. The summed E-state index contributed by atoms with van der Waals surface area (Å²) in [6.07, 6.45) is -4.26. The van der Waals surface area contributed by atoms with Crippen LogP contribution in [0, 0.1) is 5.82 Å². The first-order valence-corrected chi connectivity index (χ1v) is 7.44. The van der Waals surface area contributed by atoms with E-state index in [1.165, 1.54) is 4.90 Å². The minimum absolute atomic E-state index is 0.0567. The minimum atomic E-state index is -4.75. The third-order valence-corrected chi connectivity index (χ3v) is 4.16. The summed E-state index contributed by atoms with van der Waals surface area (Å²) < 4.78 is 68.4. The summed E-state index contributed by atoms with van der Waals surface area (Å²) >= 11 is 0. The summed E-state index contributed by atoms with van der Waals surface area (Å²) in [5.74, 6) is -5.37. The first-order valence-electron chi connectivity index (χ1n) is 7.44. The quantitative estimate of drug-likeness (QED) is 0.463. The number of hydrogen-bond acceptors (Lipinski definition) is 7. The van der Waals surface area contributed by atoms with Gasteiger partial charge in [0.1, 0.15) is 17.6 Å². The Balaban J connectivity index is 1.89. The van der Waals surface area contributed by atoms with Gasteiger partial charge in [-0.15, -0.1) is 0 Å². The van der Waals surface area contributed by atoms with Gasteiger partial charge in [-0.05, 0) is 6.07 Å². The minimum Gasteiger partial charge on any atom is -0.461 e. The molecule has 2 saturated heterocycles. The molecule has 1 aromatic heterocycles. The second-order valence-corrected chi connectivity index (χ2v) is 5.77. The molecular weight excluding hydrogens is 364 g/mol. The summed E-state index contributed by atoms with van der Waals surface area (Å²) in [4.78, 5) is 24.2. The molecule has 7 nitrogen and oxygen atoms in total. The summed E-state index contributed by atoms with van der Waals surface area (Å²) in [7, 11) is 0. The van der Waals surface area contributed by atoms with E-state index >= 15 is 0 Å². The summed E-state index contributed by atoms with van der Waals surface area (Å²) in [5.41, 5.74) is -1.53. The Bertz CT molecular complexity index is 907. The van der Waals surface area contributed by atoms with E-state index in [0.717, 1.165) is 6.07 Å². The van der Waals surface area contributed by atoms with Gasteiger partial charge in [-0.2, -0.15) is 13.2 Å². The fraction of sp³-hybridized carbons (Fsp3) is 0.333. The lowest BCUT2D eigenvalue weighted by Crippen LogP contribution is -2.62. The molecule has 0 saturated carbocycles. The molecule has 2 fully saturated rings. The highest BCUT2D eigenvalue weighted by atomic mass is 19.4. The number of esters is 2. The molecule has 0 aliphatic carbocycles. The number of rotatable bonds is 1. The zero-order valence-corrected chi connectivity index (χ0v) is 12.9. The van der Waals surface area contributed by atoms with Crippen molar-refractivity contribution in [1.82, 2.24) is 5.32 Å². The molecule has 0 unspecified atom stereocenters. The summed E-state index contributed by atoms with van der Waals surface area (Å²) in [6, 6.07) is 1.63. The van der Waals surface area contributed by atoms with Gasteiger partial charge in [0.05, 0.1) is 12.2 Å². The lowest BCUT2D eigenvalue weighted by Gasteiger charge is -2.41. The van der Waals surface area contributed by atoms with Gasteiger partial charge in [-0.1, -0.05) is 0 Å². The van der Waals surface area contributed by atoms with Crippen LogP contribution < -0.4 is 10.2 Å². The van der Waals surface area contributed by atoms with Crippen molar-refractivity contribution < 1.29 is 41.0 Å². The van der Waals surface area contributed by atoms with Crippen LogP contribution in [0.25, 0.3) is 11.0 Å². The first kappa shape index (κ1) is 16.6. The standard InChI is InChI=1S/C15H10F4N2O5/c16-7-3-8-9(15(17,18)19)5-24-11(8)10(4-7)21-2-1-20-6-14(21)25-12(22)13(23)26-14/h3-5,20H,1-2,6H2. The van der Waals surface area contributed by atoms with Crippen LogP contribution in [0.15, 0.2) is 22.8 Å². The number of fused-ring (bicyclic) bond motifs is 1. The maximum Gasteiger partial charge on any atom is 0.422 e. The van der Waals surface area contributed by atoms with E-state index in [-0.39, 0.29) is 24.4 Å². The highest BCUT2D eigenvalue weighted by molar-refractivity contribution is 6.31. The number of alkyl halides is 3. The highest BCUT2D eigenvalue weighted by Crippen LogP contribution is 2.42. The number of nitrogens with zero attached hydrogens (tertiary/aromatic N) is 1. The van der Waals surface area contributed by atoms with E-state index in [2.05, 4.69) is 5.32 Å². The van der Waals surface area contributed by atoms with Gasteiger partial charge >= 0.3 is 24.0 Å². The molecule has 0 radical (unpaired) electrons. The normalized spacial score (nSPS) is 19.9. The van der Waals surface area contributed by atoms with Crippen molar-refractivity contribution in [3.63, 3.8) is 0 Å². The largest absolute Gasteiger partial charge is 0.461 e. The Morgan fingerprint density at radius 2 is 1.85 bits per heavy atom. The van der Waals surface area contributed by atoms with E-state index in [9.17, 15) is 27.2 Å². The van der Waals surface area contributed by atoms with Crippen LogP contribution in [0.1, 0.15) is 5.56 Å². The summed E-state index contributed by atoms with van der Waals surface area (Å²) in [6.45, 7) is 0.234. The van der Waals surface area contributed by atoms with Gasteiger partial charge < -0.3 is 19.2 Å². The molecule has 2 aromatic rings. The molecule has 0 atom stereocenters. The van der Waals surface area contributed by atoms with Crippen molar-refractivity contribution in [1.29, 1.82) is 0 Å². The average molecular weight is 374 g/mol. The van der Waals surface area contributed by atoms with Gasteiger partial charge in [0.2, 0.25) is 0 Å². The summed E-state index contributed by atoms with van der Waals surface area (Å²) in [5, 5.41) is 2.36. The van der Waals surface area contributed by atoms with Crippen molar-refractivity contribution in [2.24, 2.45) is 0 Å². The Labute approximate surface area is 142 Å². The molecule has 138 valence electrons. The third kappa shape index (κ3) is 2.38. The molecule has 2 aliphatic rings. The van der Waals surface area contributed by atoms with Crippen LogP contribution in [0.5, 0.6) is 0 Å². The highest BCUT2D eigenvalue weighted by Gasteiger charge is 2.55. The van der Waals surface area contributed by atoms with Gasteiger partial charge in [0.25, 0.3) is 0 Å². The maximum atomic E-state index is 14.1. The van der Waals surface area contributed by atoms with Crippen molar-refractivity contribution in [3.05, 3.63) is 29.8 Å². The molecular formula is C15H10F4N2O5. The van der Waals surface area contributed by atoms with Gasteiger partial charge in [-0.3, -0.25) is 4.90 Å². The first-order chi connectivity index (χ1) is 12.2. The SMILES string of the molecule is O=C1OC2(CNCCN2c2cc(F)cc3c(C(F)(F)F)coc23)OC1=O. The number of benzene rings is 1. The number of halogens is 4. The molecule has 2 aliphatic heterocycles. The Hall–Kier alpha value is -2.82. The molecule has 4 rings (SSSR count). The number of hydrogen-bond donors (Lipinski definition) is 1. The molecule has 1 aromatic carbocycles. The number of nitrogens with one attached hydrogen (secondary N) is 1. The third-order valence-electron chi connectivity index (χ3n) is 4.16. The molecule has 0 amide bonds. The van der Waals surface area contributed by atoms with Gasteiger partial charge in [0, 0.05) is 24.5 Å². The van der Waals surface area contributed by atoms with Crippen molar-refractivity contribution in [3.8, 4) is 0 Å². The molecule has 11 heteroatoms. The number of anilines is 1. The van der Waals surface area contributed by atoms with Gasteiger partial charge in [-0.25, -0.2) is 14.0 Å². The van der Waals surface area contributed by atoms with Crippen molar-refractivity contribution in [2.45, 2.75) is 12.1 Å². The van der Waals surface area contributed by atoms with Crippen LogP contribution in [-0.2, 0) is 25.2 Å².